The number of aromatic nitrogens is 1. The summed E-state index contributed by atoms with van der Waals surface area (Å²) in [5.41, 5.74) is 0.234. The molecule has 0 radical (unpaired) electrons. The molecule has 0 aliphatic carbocycles. The molecule has 0 unspecified atom stereocenters. The van der Waals surface area contributed by atoms with E-state index in [9.17, 15) is 4.79 Å². The zero-order valence-electron chi connectivity index (χ0n) is 12.9. The van der Waals surface area contributed by atoms with Gasteiger partial charge in [-0.25, -0.2) is 4.98 Å². The van der Waals surface area contributed by atoms with E-state index >= 15 is 0 Å². The molecule has 2 heterocycles. The lowest BCUT2D eigenvalue weighted by atomic mass is 9.94. The molecule has 1 saturated heterocycles. The van der Waals surface area contributed by atoms with Crippen molar-refractivity contribution in [2.45, 2.75) is 39.7 Å². The highest BCUT2D eigenvalue weighted by Gasteiger charge is 2.26. The molecule has 1 aliphatic rings. The summed E-state index contributed by atoms with van der Waals surface area (Å²) in [7, 11) is 0. The molecule has 1 amide bonds. The maximum absolute atomic E-state index is 12.0. The summed E-state index contributed by atoms with van der Waals surface area (Å²) < 4.78 is 0. The van der Waals surface area contributed by atoms with E-state index in [4.69, 9.17) is 5.26 Å². The van der Waals surface area contributed by atoms with Crippen molar-refractivity contribution in [3.05, 3.63) is 23.9 Å². The minimum atomic E-state index is -0.341. The molecule has 21 heavy (non-hydrogen) atoms. The van der Waals surface area contributed by atoms with Crippen LogP contribution < -0.4 is 10.2 Å². The van der Waals surface area contributed by atoms with Crippen molar-refractivity contribution in [1.82, 2.24) is 10.3 Å². The average molecular weight is 286 g/mol. The van der Waals surface area contributed by atoms with Gasteiger partial charge in [0.25, 0.3) is 0 Å². The monoisotopic (exact) mass is 286 g/mol. The van der Waals surface area contributed by atoms with Crippen LogP contribution in [0.2, 0.25) is 0 Å². The summed E-state index contributed by atoms with van der Waals surface area (Å²) in [6.45, 7) is 7.52. The molecule has 5 heteroatoms. The summed E-state index contributed by atoms with van der Waals surface area (Å²) in [4.78, 5) is 18.5. The van der Waals surface area contributed by atoms with Gasteiger partial charge >= 0.3 is 0 Å². The second kappa shape index (κ2) is 6.13. The topological polar surface area (TPSA) is 69.0 Å². The smallest absolute Gasteiger partial charge is 0.225 e. The van der Waals surface area contributed by atoms with E-state index in [1.807, 2.05) is 26.8 Å². The number of nitrogens with one attached hydrogen (secondary N) is 1. The number of hydrogen-bond acceptors (Lipinski definition) is 4. The van der Waals surface area contributed by atoms with E-state index in [2.05, 4.69) is 21.3 Å². The van der Waals surface area contributed by atoms with Gasteiger partial charge in [0.1, 0.15) is 11.9 Å². The van der Waals surface area contributed by atoms with Crippen molar-refractivity contribution in [3.8, 4) is 6.07 Å². The van der Waals surface area contributed by atoms with Crippen LogP contribution in [0.3, 0.4) is 0 Å². The third kappa shape index (κ3) is 3.94. The first kappa shape index (κ1) is 15.3. The van der Waals surface area contributed by atoms with Crippen LogP contribution in [0, 0.1) is 16.7 Å². The molecule has 1 aromatic heterocycles. The largest absolute Gasteiger partial charge is 0.356 e. The van der Waals surface area contributed by atoms with Gasteiger partial charge in [0.05, 0.1) is 5.56 Å². The van der Waals surface area contributed by atoms with Crippen molar-refractivity contribution in [1.29, 1.82) is 5.26 Å². The van der Waals surface area contributed by atoms with Crippen molar-refractivity contribution in [2.75, 3.05) is 18.0 Å². The van der Waals surface area contributed by atoms with Crippen molar-refractivity contribution >= 4 is 11.7 Å². The average Bonchev–Trinajstić information content (AvgIpc) is 2.47. The number of rotatable bonds is 2. The maximum Gasteiger partial charge on any atom is 0.225 e. The number of hydrogen-bond donors (Lipinski definition) is 1. The molecule has 1 aromatic rings. The first-order chi connectivity index (χ1) is 9.90. The Kier molecular flexibility index (Phi) is 4.46. The Morgan fingerprint density at radius 2 is 2.05 bits per heavy atom. The third-order valence-electron chi connectivity index (χ3n) is 3.71. The van der Waals surface area contributed by atoms with Gasteiger partial charge in [0.15, 0.2) is 0 Å². The van der Waals surface area contributed by atoms with Crippen LogP contribution in [0.5, 0.6) is 0 Å². The van der Waals surface area contributed by atoms with Crippen LogP contribution in [0.25, 0.3) is 0 Å². The second-order valence-corrected chi connectivity index (χ2v) is 6.50. The highest BCUT2D eigenvalue weighted by Crippen LogP contribution is 2.20. The van der Waals surface area contributed by atoms with Gasteiger partial charge in [-0.05, 0) is 25.0 Å². The molecule has 0 atom stereocenters. The number of pyridine rings is 1. The highest BCUT2D eigenvalue weighted by molar-refractivity contribution is 5.81. The van der Waals surface area contributed by atoms with E-state index in [-0.39, 0.29) is 17.4 Å². The lowest BCUT2D eigenvalue weighted by molar-refractivity contribution is -0.129. The Hall–Kier alpha value is -2.09. The standard InChI is InChI=1S/C16H22N4O/c1-16(2,3)15(21)19-13-6-8-20(9-7-13)14-5-4-12(10-17)11-18-14/h4-5,11,13H,6-9H2,1-3H3,(H,19,21). The number of carbonyl (C=O) groups is 1. The summed E-state index contributed by atoms with van der Waals surface area (Å²) in [6, 6.07) is 5.98. The summed E-state index contributed by atoms with van der Waals surface area (Å²) in [5.74, 6) is 1.01. The second-order valence-electron chi connectivity index (χ2n) is 6.50. The van der Waals surface area contributed by atoms with Crippen LogP contribution in [0.4, 0.5) is 5.82 Å². The van der Waals surface area contributed by atoms with Crippen molar-refractivity contribution in [2.24, 2.45) is 5.41 Å². The predicted molar refractivity (Wildman–Crippen MR) is 81.8 cm³/mol. The van der Waals surface area contributed by atoms with Gasteiger partial charge in [0.2, 0.25) is 5.91 Å². The first-order valence-electron chi connectivity index (χ1n) is 7.32. The minimum absolute atomic E-state index is 0.109. The Balaban J connectivity index is 1.88. The molecule has 2 rings (SSSR count). The van der Waals surface area contributed by atoms with Gasteiger partial charge in [-0.15, -0.1) is 0 Å². The van der Waals surface area contributed by atoms with Crippen LogP contribution in [0.15, 0.2) is 18.3 Å². The Morgan fingerprint density at radius 3 is 2.52 bits per heavy atom. The lowest BCUT2D eigenvalue weighted by Crippen LogP contribution is -2.47. The Morgan fingerprint density at radius 1 is 1.38 bits per heavy atom. The van der Waals surface area contributed by atoms with E-state index in [1.54, 1.807) is 12.3 Å². The number of nitriles is 1. The summed E-state index contributed by atoms with van der Waals surface area (Å²) in [6.07, 6.45) is 3.44. The fourth-order valence-electron chi connectivity index (χ4n) is 2.29. The van der Waals surface area contributed by atoms with E-state index in [0.29, 0.717) is 5.56 Å². The zero-order valence-corrected chi connectivity index (χ0v) is 12.9. The third-order valence-corrected chi connectivity index (χ3v) is 3.71. The van der Waals surface area contributed by atoms with Crippen molar-refractivity contribution < 1.29 is 4.79 Å². The number of piperidine rings is 1. The van der Waals surface area contributed by atoms with E-state index in [0.717, 1.165) is 31.7 Å². The molecule has 5 nitrogen and oxygen atoms in total. The molecular formula is C16H22N4O. The molecule has 0 bridgehead atoms. The van der Waals surface area contributed by atoms with Crippen molar-refractivity contribution in [3.63, 3.8) is 0 Å². The summed E-state index contributed by atoms with van der Waals surface area (Å²) >= 11 is 0. The highest BCUT2D eigenvalue weighted by atomic mass is 16.2. The molecule has 1 fully saturated rings. The van der Waals surface area contributed by atoms with Crippen LogP contribution >= 0.6 is 0 Å². The normalized spacial score (nSPS) is 16.4. The number of anilines is 1. The quantitative estimate of drug-likeness (QED) is 0.903. The maximum atomic E-state index is 12.0. The number of nitrogens with zero attached hydrogens (tertiary/aromatic N) is 3. The Bertz CT molecular complexity index is 531. The molecule has 0 saturated carbocycles. The van der Waals surface area contributed by atoms with Gasteiger partial charge in [-0.1, -0.05) is 20.8 Å². The number of carbonyl (C=O) groups excluding carboxylic acids is 1. The molecule has 112 valence electrons. The first-order valence-corrected chi connectivity index (χ1v) is 7.32. The van der Waals surface area contributed by atoms with Gasteiger partial charge in [0, 0.05) is 30.7 Å². The fourth-order valence-corrected chi connectivity index (χ4v) is 2.29. The fraction of sp³-hybridized carbons (Fsp3) is 0.562. The van der Waals surface area contributed by atoms with Gasteiger partial charge in [-0.3, -0.25) is 4.79 Å². The van der Waals surface area contributed by atoms with Gasteiger partial charge < -0.3 is 10.2 Å². The SMILES string of the molecule is CC(C)(C)C(=O)NC1CCN(c2ccc(C#N)cn2)CC1. The van der Waals surface area contributed by atoms with E-state index < -0.39 is 0 Å². The number of amides is 1. The molecular weight excluding hydrogens is 264 g/mol. The molecule has 1 N–H and O–H groups in total. The summed E-state index contributed by atoms with van der Waals surface area (Å²) in [5, 5.41) is 11.9. The van der Waals surface area contributed by atoms with E-state index in [1.165, 1.54) is 0 Å². The Labute approximate surface area is 126 Å². The van der Waals surface area contributed by atoms with Gasteiger partial charge in [-0.2, -0.15) is 5.26 Å². The predicted octanol–water partition coefficient (Wildman–Crippen LogP) is 2.08. The zero-order chi connectivity index (χ0) is 15.5. The van der Waals surface area contributed by atoms with Crippen LogP contribution in [0.1, 0.15) is 39.2 Å². The molecule has 1 aliphatic heterocycles. The lowest BCUT2D eigenvalue weighted by Gasteiger charge is -2.34. The van der Waals surface area contributed by atoms with Crippen LogP contribution in [-0.2, 0) is 4.79 Å². The molecule has 0 aromatic carbocycles. The minimum Gasteiger partial charge on any atom is -0.356 e. The molecule has 0 spiro atoms. The van der Waals surface area contributed by atoms with Crippen LogP contribution in [-0.4, -0.2) is 30.0 Å².